The molecule has 0 saturated carbocycles. The minimum Gasteiger partial charge on any atom is -0.493 e. The molecule has 7 heteroatoms. The number of carbonyl (C=O) groups excluding carboxylic acids is 1. The average Bonchev–Trinajstić information content (AvgIpc) is 3.43. The summed E-state index contributed by atoms with van der Waals surface area (Å²) >= 11 is 0. The van der Waals surface area contributed by atoms with E-state index in [1.165, 1.54) is 6.07 Å². The normalized spacial score (nSPS) is 16.1. The summed E-state index contributed by atoms with van der Waals surface area (Å²) in [5, 5.41) is 3.95. The number of nitrogens with zero attached hydrogens (tertiary/aromatic N) is 2. The van der Waals surface area contributed by atoms with Gasteiger partial charge in [-0.3, -0.25) is 4.79 Å². The van der Waals surface area contributed by atoms with E-state index in [1.54, 1.807) is 61.6 Å². The molecule has 0 N–H and O–H groups in total. The molecule has 29 heavy (non-hydrogen) atoms. The van der Waals surface area contributed by atoms with Crippen LogP contribution in [0, 0.1) is 5.82 Å². The largest absolute Gasteiger partial charge is 0.493 e. The Morgan fingerprint density at radius 1 is 1.14 bits per heavy atom. The minimum absolute atomic E-state index is 0.193. The zero-order valence-corrected chi connectivity index (χ0v) is 16.2. The lowest BCUT2D eigenvalue weighted by atomic mass is 10.0. The number of halogens is 1. The molecule has 1 amide bonds. The molecule has 0 radical (unpaired) electrons. The smallest absolute Gasteiger partial charge is 0.276 e. The number of benzene rings is 2. The molecule has 1 aromatic heterocycles. The van der Waals surface area contributed by atoms with Crippen molar-refractivity contribution in [2.45, 2.75) is 18.9 Å². The molecule has 0 bridgehead atoms. The molecule has 1 saturated heterocycles. The molecule has 6 nitrogen and oxygen atoms in total. The highest BCUT2D eigenvalue weighted by Crippen LogP contribution is 2.36. The van der Waals surface area contributed by atoms with Gasteiger partial charge in [-0.15, -0.1) is 0 Å². The molecule has 150 valence electrons. The average molecular weight is 396 g/mol. The van der Waals surface area contributed by atoms with Crippen molar-refractivity contribution in [3.63, 3.8) is 0 Å². The molecular weight excluding hydrogens is 375 g/mol. The van der Waals surface area contributed by atoms with E-state index in [0.717, 1.165) is 6.42 Å². The van der Waals surface area contributed by atoms with E-state index in [4.69, 9.17) is 14.0 Å². The first kappa shape index (κ1) is 19.0. The van der Waals surface area contributed by atoms with Gasteiger partial charge in [0.2, 0.25) is 0 Å². The zero-order chi connectivity index (χ0) is 20.4. The van der Waals surface area contributed by atoms with Gasteiger partial charge in [-0.05, 0) is 37.1 Å². The Bertz CT molecular complexity index is 1030. The van der Waals surface area contributed by atoms with Crippen LogP contribution in [0.3, 0.4) is 0 Å². The lowest BCUT2D eigenvalue weighted by molar-refractivity contribution is 0.0723. The van der Waals surface area contributed by atoms with E-state index in [2.05, 4.69) is 5.16 Å². The number of amides is 1. The monoisotopic (exact) mass is 396 g/mol. The summed E-state index contributed by atoms with van der Waals surface area (Å²) in [4.78, 5) is 14.7. The molecule has 1 aliphatic heterocycles. The third-order valence-corrected chi connectivity index (χ3v) is 5.18. The van der Waals surface area contributed by atoms with E-state index in [-0.39, 0.29) is 23.5 Å². The standard InChI is InChI=1S/C22H21FN2O4/c1-27-19-10-9-14(12-21(19)28-2)20-13-17(24-29-20)22(26)25-11-5-8-18(25)15-6-3-4-7-16(15)23/h3-4,6-7,9-10,12-13,18H,5,8,11H2,1-2H3/t18-/m1/s1. The van der Waals surface area contributed by atoms with Crippen LogP contribution in [0.5, 0.6) is 11.5 Å². The second-order valence-electron chi connectivity index (χ2n) is 6.82. The third kappa shape index (κ3) is 3.55. The van der Waals surface area contributed by atoms with Crippen molar-refractivity contribution in [1.82, 2.24) is 10.1 Å². The van der Waals surface area contributed by atoms with Crippen molar-refractivity contribution in [2.75, 3.05) is 20.8 Å². The summed E-state index contributed by atoms with van der Waals surface area (Å²) in [5.41, 5.74) is 1.43. The summed E-state index contributed by atoms with van der Waals surface area (Å²) in [6.45, 7) is 0.552. The maximum absolute atomic E-state index is 14.2. The van der Waals surface area contributed by atoms with Crippen LogP contribution in [0.2, 0.25) is 0 Å². The van der Waals surface area contributed by atoms with E-state index in [0.29, 0.717) is 41.4 Å². The molecule has 0 aliphatic carbocycles. The van der Waals surface area contributed by atoms with E-state index in [1.807, 2.05) is 0 Å². The number of ether oxygens (including phenoxy) is 2. The maximum Gasteiger partial charge on any atom is 0.276 e. The molecular formula is C22H21FN2O4. The highest BCUT2D eigenvalue weighted by molar-refractivity contribution is 5.93. The molecule has 0 spiro atoms. The Balaban J connectivity index is 1.59. The number of hydrogen-bond acceptors (Lipinski definition) is 5. The van der Waals surface area contributed by atoms with Crippen molar-refractivity contribution in [3.8, 4) is 22.8 Å². The van der Waals surface area contributed by atoms with Gasteiger partial charge in [-0.1, -0.05) is 23.4 Å². The van der Waals surface area contributed by atoms with Crippen LogP contribution < -0.4 is 9.47 Å². The van der Waals surface area contributed by atoms with Gasteiger partial charge in [0, 0.05) is 23.7 Å². The number of likely N-dealkylation sites (tertiary alicyclic amines) is 1. The number of aromatic nitrogens is 1. The Morgan fingerprint density at radius 3 is 2.69 bits per heavy atom. The van der Waals surface area contributed by atoms with Crippen LogP contribution >= 0.6 is 0 Å². The summed E-state index contributed by atoms with van der Waals surface area (Å²) in [5.74, 6) is 1.01. The van der Waals surface area contributed by atoms with Crippen LogP contribution in [-0.2, 0) is 0 Å². The van der Waals surface area contributed by atoms with E-state index in [9.17, 15) is 9.18 Å². The Morgan fingerprint density at radius 2 is 1.93 bits per heavy atom. The van der Waals surface area contributed by atoms with Crippen molar-refractivity contribution in [3.05, 3.63) is 65.6 Å². The lowest BCUT2D eigenvalue weighted by Gasteiger charge is -2.24. The fourth-order valence-corrected chi connectivity index (χ4v) is 3.73. The quantitative estimate of drug-likeness (QED) is 0.636. The van der Waals surface area contributed by atoms with Crippen molar-refractivity contribution >= 4 is 5.91 Å². The predicted octanol–water partition coefficient (Wildman–Crippen LogP) is 4.48. The number of hydrogen-bond donors (Lipinski definition) is 0. The van der Waals surface area contributed by atoms with Crippen molar-refractivity contribution in [1.29, 1.82) is 0 Å². The fraction of sp³-hybridized carbons (Fsp3) is 0.273. The van der Waals surface area contributed by atoms with E-state index < -0.39 is 0 Å². The van der Waals surface area contributed by atoms with Gasteiger partial charge in [0.1, 0.15) is 5.82 Å². The first-order valence-corrected chi connectivity index (χ1v) is 9.37. The number of rotatable bonds is 5. The summed E-state index contributed by atoms with van der Waals surface area (Å²) in [6.07, 6.45) is 1.53. The number of methoxy groups -OCH3 is 2. The van der Waals surface area contributed by atoms with Crippen LogP contribution in [0.1, 0.15) is 34.9 Å². The van der Waals surface area contributed by atoms with Crippen LogP contribution in [-0.4, -0.2) is 36.7 Å². The Hall–Kier alpha value is -3.35. The van der Waals surface area contributed by atoms with Gasteiger partial charge in [-0.25, -0.2) is 4.39 Å². The predicted molar refractivity (Wildman–Crippen MR) is 104 cm³/mol. The molecule has 1 aliphatic rings. The molecule has 1 atom stereocenters. The molecule has 0 unspecified atom stereocenters. The SMILES string of the molecule is COc1ccc(-c2cc(C(=O)N3CCC[C@@H]3c3ccccc3F)no2)cc1OC. The van der Waals surface area contributed by atoms with Gasteiger partial charge in [-0.2, -0.15) is 0 Å². The van der Waals surface area contributed by atoms with Gasteiger partial charge in [0.15, 0.2) is 23.0 Å². The van der Waals surface area contributed by atoms with Crippen molar-refractivity contribution in [2.24, 2.45) is 0 Å². The highest BCUT2D eigenvalue weighted by atomic mass is 19.1. The topological polar surface area (TPSA) is 64.8 Å². The highest BCUT2D eigenvalue weighted by Gasteiger charge is 2.33. The van der Waals surface area contributed by atoms with Crippen LogP contribution in [0.15, 0.2) is 53.1 Å². The Labute approximate surface area is 167 Å². The van der Waals surface area contributed by atoms with Crippen molar-refractivity contribution < 1.29 is 23.2 Å². The fourth-order valence-electron chi connectivity index (χ4n) is 3.73. The molecule has 4 rings (SSSR count). The van der Waals surface area contributed by atoms with Gasteiger partial charge in [0.05, 0.1) is 20.3 Å². The second kappa shape index (κ2) is 7.95. The molecule has 3 aromatic rings. The maximum atomic E-state index is 14.2. The second-order valence-corrected chi connectivity index (χ2v) is 6.82. The first-order valence-electron chi connectivity index (χ1n) is 9.37. The van der Waals surface area contributed by atoms with E-state index >= 15 is 0 Å². The summed E-state index contributed by atoms with van der Waals surface area (Å²) in [7, 11) is 3.11. The zero-order valence-electron chi connectivity index (χ0n) is 16.2. The molecule has 2 aromatic carbocycles. The number of carbonyl (C=O) groups is 1. The minimum atomic E-state index is -0.302. The lowest BCUT2D eigenvalue weighted by Crippen LogP contribution is -2.31. The van der Waals surface area contributed by atoms with Gasteiger partial charge < -0.3 is 18.9 Å². The Kier molecular flexibility index (Phi) is 5.20. The molecule has 2 heterocycles. The van der Waals surface area contributed by atoms with Gasteiger partial charge >= 0.3 is 0 Å². The van der Waals surface area contributed by atoms with Gasteiger partial charge in [0.25, 0.3) is 5.91 Å². The first-order chi connectivity index (χ1) is 14.1. The summed E-state index contributed by atoms with van der Waals surface area (Å²) in [6, 6.07) is 13.2. The third-order valence-electron chi connectivity index (χ3n) is 5.18. The van der Waals surface area contributed by atoms with Crippen LogP contribution in [0.25, 0.3) is 11.3 Å². The molecule has 1 fully saturated rings. The summed E-state index contributed by atoms with van der Waals surface area (Å²) < 4.78 is 30.2. The van der Waals surface area contributed by atoms with Crippen LogP contribution in [0.4, 0.5) is 4.39 Å².